The molecule has 0 radical (unpaired) electrons. The van der Waals surface area contributed by atoms with Gasteiger partial charge in [-0.15, -0.1) is 0 Å². The van der Waals surface area contributed by atoms with Crippen molar-refractivity contribution in [2.45, 2.75) is 229 Å². The summed E-state index contributed by atoms with van der Waals surface area (Å²) in [5, 5.41) is 73.4. The number of aliphatic hydroxyl groups excluding tert-OH is 8. The van der Waals surface area contributed by atoms with Gasteiger partial charge in [-0.25, -0.2) is 0 Å². The van der Waals surface area contributed by atoms with Gasteiger partial charge in [0.05, 0.1) is 36.6 Å². The van der Waals surface area contributed by atoms with E-state index in [9.17, 15) is 30.6 Å². The number of hydrogen-bond donors (Lipinski definition) is 8. The zero-order valence-corrected chi connectivity index (χ0v) is 40.6. The van der Waals surface area contributed by atoms with Crippen molar-refractivity contribution in [1.82, 2.24) is 0 Å². The molecule has 0 saturated heterocycles. The summed E-state index contributed by atoms with van der Waals surface area (Å²) < 4.78 is 0. The monoisotopic (exact) mass is 843 g/mol. The highest BCUT2D eigenvalue weighted by Gasteiger charge is 2.44. The van der Waals surface area contributed by atoms with Crippen LogP contribution < -0.4 is 0 Å². The number of aliphatic hydroxyl groups is 8. The Kier molecular flexibility index (Phi) is 28.8. The zero-order chi connectivity index (χ0) is 45.0. The molecule has 8 N–H and O–H groups in total. The van der Waals surface area contributed by atoms with Crippen LogP contribution in [-0.2, 0) is 0 Å². The van der Waals surface area contributed by atoms with Gasteiger partial charge in [-0.05, 0) is 153 Å². The van der Waals surface area contributed by atoms with E-state index >= 15 is 0 Å². The fraction of sp³-hybridized carbons (Fsp3) is 1.00. The molecule has 20 atom stereocenters. The van der Waals surface area contributed by atoms with E-state index in [1.807, 2.05) is 0 Å². The SMILES string of the molecule is CC[C@@H]1C(C)C[C@H]1CO.CC[C@@H]1C(C)[C@H]1CO.CC[C@H]1CC[C@H](O)CC1C.CC[C@H]1C[C@H](O)CCC1C.CC[C@H]1C[C@H](O)[C@@H](O)CC1C.CC[C@H]1C[C@H](O)[C@H](O)CC1C. The first-order chi connectivity index (χ1) is 27.9. The van der Waals surface area contributed by atoms with Gasteiger partial charge < -0.3 is 40.9 Å². The standard InChI is InChI=1S/2C9H18O2.2C9H18O.C8H16O.C7H14O/c2*1-3-7-5-9(11)8(10)4-6(7)2;1-3-8-4-5-9(10)6-7(8)2;1-3-8-6-9(10)5-4-7(8)2;1-3-8-6(2)4-7(8)5-9;1-3-6-5(2)7(6)4-8/h2*6-11H,3-5H2,1-2H3;2*7-10H,3-6H2,1-2H3;6-9H,3-5H2,1-2H3;5-8H,3-4H2,1-2H3/t6?,7-,8+,9-;6?,7-,8-,9-;7?,8-,9-;7?,8-,9+;6?,7-,8+;5?,6-,7-/m000001/s1. The van der Waals surface area contributed by atoms with Crippen LogP contribution >= 0.6 is 0 Å². The molecule has 6 fully saturated rings. The Balaban J connectivity index is 0.000000355. The Hall–Kier alpha value is -0.320. The maximum Gasteiger partial charge on any atom is 0.0802 e. The third-order valence-corrected chi connectivity index (χ3v) is 16.7. The first kappa shape index (κ1) is 56.7. The molecule has 59 heavy (non-hydrogen) atoms. The molecule has 0 aromatic carbocycles. The van der Waals surface area contributed by atoms with E-state index in [1.165, 1.54) is 44.9 Å². The quantitative estimate of drug-likeness (QED) is 0.120. The van der Waals surface area contributed by atoms with Crippen LogP contribution in [0.4, 0.5) is 0 Å². The van der Waals surface area contributed by atoms with Crippen LogP contribution in [0.15, 0.2) is 0 Å². The van der Waals surface area contributed by atoms with Gasteiger partial charge in [0, 0.05) is 13.2 Å². The predicted octanol–water partition coefficient (Wildman–Crippen LogP) is 9.65. The Bertz CT molecular complexity index is 990. The summed E-state index contributed by atoms with van der Waals surface area (Å²) in [7, 11) is 0. The summed E-state index contributed by atoms with van der Waals surface area (Å²) in [5.74, 6) is 10.2. The molecule has 6 rings (SSSR count). The highest BCUT2D eigenvalue weighted by molar-refractivity contribution is 4.92. The topological polar surface area (TPSA) is 162 Å². The van der Waals surface area contributed by atoms with Gasteiger partial charge in [-0.1, -0.05) is 122 Å². The molecule has 6 unspecified atom stereocenters. The van der Waals surface area contributed by atoms with Crippen molar-refractivity contribution in [3.05, 3.63) is 0 Å². The Morgan fingerprint density at radius 2 is 0.729 bits per heavy atom. The normalized spacial score (nSPS) is 43.7. The average Bonchev–Trinajstić information content (AvgIpc) is 3.86. The van der Waals surface area contributed by atoms with E-state index < -0.39 is 24.4 Å². The summed E-state index contributed by atoms with van der Waals surface area (Å²) >= 11 is 0. The first-order valence-electron chi connectivity index (χ1n) is 25.2. The third-order valence-electron chi connectivity index (χ3n) is 16.7. The Morgan fingerprint density at radius 1 is 0.322 bits per heavy atom. The lowest BCUT2D eigenvalue weighted by atomic mass is 9.65. The lowest BCUT2D eigenvalue weighted by molar-refractivity contribution is -0.0447. The second-order valence-electron chi connectivity index (χ2n) is 20.7. The van der Waals surface area contributed by atoms with E-state index in [-0.39, 0.29) is 12.2 Å². The van der Waals surface area contributed by atoms with Crippen LogP contribution in [0.2, 0.25) is 0 Å². The summed E-state index contributed by atoms with van der Waals surface area (Å²) in [6.45, 7) is 27.3. The van der Waals surface area contributed by atoms with Crippen molar-refractivity contribution >= 4 is 0 Å². The van der Waals surface area contributed by atoms with Crippen molar-refractivity contribution in [2.75, 3.05) is 13.2 Å². The minimum Gasteiger partial charge on any atom is -0.396 e. The van der Waals surface area contributed by atoms with Crippen molar-refractivity contribution in [3.8, 4) is 0 Å². The minimum atomic E-state index is -0.479. The molecule has 8 nitrogen and oxygen atoms in total. The molecule has 0 aromatic rings. The highest BCUT2D eigenvalue weighted by Crippen LogP contribution is 2.47. The summed E-state index contributed by atoms with van der Waals surface area (Å²) in [5.41, 5.74) is 0. The third kappa shape index (κ3) is 19.5. The fourth-order valence-corrected chi connectivity index (χ4v) is 11.6. The number of hydrogen-bond acceptors (Lipinski definition) is 8. The molecule has 0 spiro atoms. The summed E-state index contributed by atoms with van der Waals surface area (Å²) in [6, 6.07) is 0. The molecule has 0 aromatic heterocycles. The van der Waals surface area contributed by atoms with E-state index in [2.05, 4.69) is 83.1 Å². The van der Waals surface area contributed by atoms with Crippen molar-refractivity contribution in [1.29, 1.82) is 0 Å². The van der Waals surface area contributed by atoms with Crippen LogP contribution in [-0.4, -0.2) is 90.7 Å². The molecule has 6 aliphatic rings. The highest BCUT2D eigenvalue weighted by atomic mass is 16.3. The van der Waals surface area contributed by atoms with Crippen LogP contribution in [0.25, 0.3) is 0 Å². The average molecular weight is 843 g/mol. The summed E-state index contributed by atoms with van der Waals surface area (Å²) in [6.07, 6.45) is 16.2. The molecule has 354 valence electrons. The van der Waals surface area contributed by atoms with Crippen molar-refractivity contribution in [2.24, 2.45) is 82.9 Å². The van der Waals surface area contributed by atoms with Crippen LogP contribution in [0, 0.1) is 82.9 Å². The smallest absolute Gasteiger partial charge is 0.0802 e. The van der Waals surface area contributed by atoms with Gasteiger partial charge >= 0.3 is 0 Å². The van der Waals surface area contributed by atoms with Crippen LogP contribution in [0.3, 0.4) is 0 Å². The zero-order valence-electron chi connectivity index (χ0n) is 40.6. The van der Waals surface area contributed by atoms with E-state index in [0.717, 1.165) is 112 Å². The lowest BCUT2D eigenvalue weighted by Crippen LogP contribution is -2.37. The molecule has 0 aliphatic heterocycles. The second-order valence-corrected chi connectivity index (χ2v) is 20.7. The lowest BCUT2D eigenvalue weighted by Gasteiger charge is -2.41. The van der Waals surface area contributed by atoms with Gasteiger partial charge in [-0.3, -0.25) is 0 Å². The maximum absolute atomic E-state index is 9.35. The predicted molar refractivity (Wildman–Crippen MR) is 246 cm³/mol. The van der Waals surface area contributed by atoms with Crippen molar-refractivity contribution < 1.29 is 40.9 Å². The van der Waals surface area contributed by atoms with Crippen molar-refractivity contribution in [3.63, 3.8) is 0 Å². The molecular formula is C51H102O8. The summed E-state index contributed by atoms with van der Waals surface area (Å²) in [4.78, 5) is 0. The van der Waals surface area contributed by atoms with E-state index in [1.54, 1.807) is 0 Å². The molecule has 0 heterocycles. The molecule has 0 bridgehead atoms. The molecule has 8 heteroatoms. The molecule has 6 aliphatic carbocycles. The molecular weight excluding hydrogens is 741 g/mol. The Morgan fingerprint density at radius 3 is 1.05 bits per heavy atom. The molecule has 6 saturated carbocycles. The second kappa shape index (κ2) is 29.9. The maximum atomic E-state index is 9.35. The van der Waals surface area contributed by atoms with E-state index in [0.29, 0.717) is 48.7 Å². The van der Waals surface area contributed by atoms with Gasteiger partial charge in [0.15, 0.2) is 0 Å². The van der Waals surface area contributed by atoms with E-state index in [4.69, 9.17) is 10.2 Å². The van der Waals surface area contributed by atoms with Gasteiger partial charge in [0.2, 0.25) is 0 Å². The van der Waals surface area contributed by atoms with Crippen LogP contribution in [0.5, 0.6) is 0 Å². The first-order valence-corrected chi connectivity index (χ1v) is 25.2. The van der Waals surface area contributed by atoms with Gasteiger partial charge in [0.1, 0.15) is 0 Å². The molecule has 0 amide bonds. The van der Waals surface area contributed by atoms with Crippen LogP contribution in [0.1, 0.15) is 192 Å². The Labute approximate surface area is 364 Å². The minimum absolute atomic E-state index is 0.00106. The fourth-order valence-electron chi connectivity index (χ4n) is 11.6. The van der Waals surface area contributed by atoms with Gasteiger partial charge in [0.25, 0.3) is 0 Å². The number of rotatable bonds is 8. The largest absolute Gasteiger partial charge is 0.396 e. The van der Waals surface area contributed by atoms with Gasteiger partial charge in [-0.2, -0.15) is 0 Å².